The maximum atomic E-state index is 14.0. The first-order chi connectivity index (χ1) is 18.4. The van der Waals surface area contributed by atoms with Gasteiger partial charge in [0.15, 0.2) is 0 Å². The Hall–Kier alpha value is -2.81. The summed E-state index contributed by atoms with van der Waals surface area (Å²) in [4.78, 5) is 40.5. The second-order valence-corrected chi connectivity index (χ2v) is 10.7. The van der Waals surface area contributed by atoms with Crippen LogP contribution in [0.2, 0.25) is 4.34 Å². The lowest BCUT2D eigenvalue weighted by atomic mass is 10.1. The molecule has 3 amide bonds. The van der Waals surface area contributed by atoms with Crippen molar-refractivity contribution >= 4 is 52.0 Å². The molecule has 0 unspecified atom stereocenters. The monoisotopic (exact) mass is 594 g/mol. The van der Waals surface area contributed by atoms with Crippen LogP contribution < -0.4 is 15.5 Å². The molecule has 1 aromatic heterocycles. The summed E-state index contributed by atoms with van der Waals surface area (Å²) in [6.45, 7) is -1.29. The van der Waals surface area contributed by atoms with Crippen molar-refractivity contribution in [1.82, 2.24) is 10.2 Å². The first-order valence-corrected chi connectivity index (χ1v) is 13.1. The van der Waals surface area contributed by atoms with Crippen LogP contribution in [-0.2, 0) is 20.5 Å². The van der Waals surface area contributed by atoms with Gasteiger partial charge in [-0.25, -0.2) is 8.78 Å². The molecule has 4 rings (SSSR count). The highest BCUT2D eigenvalue weighted by molar-refractivity contribution is 7.18. The van der Waals surface area contributed by atoms with Crippen molar-refractivity contribution in [2.24, 2.45) is 0 Å². The van der Waals surface area contributed by atoms with Gasteiger partial charge < -0.3 is 20.3 Å². The number of nitrogens with one attached hydrogen (secondary N) is 2. The third kappa shape index (κ3) is 7.44. The van der Waals surface area contributed by atoms with E-state index in [1.54, 1.807) is 0 Å². The number of rotatable bonds is 10. The lowest BCUT2D eigenvalue weighted by Gasteiger charge is -2.31. The lowest BCUT2D eigenvalue weighted by molar-refractivity contribution is -0.137. The minimum atomic E-state index is -4.91. The number of hydrogen-bond acceptors (Lipinski definition) is 6. The van der Waals surface area contributed by atoms with E-state index >= 15 is 0 Å². The number of anilines is 2. The first-order valence-electron chi connectivity index (χ1n) is 11.9. The molecule has 0 spiro atoms. The summed E-state index contributed by atoms with van der Waals surface area (Å²) >= 11 is 6.82. The van der Waals surface area contributed by atoms with E-state index in [1.165, 1.54) is 23.1 Å². The van der Waals surface area contributed by atoms with Crippen molar-refractivity contribution in [2.45, 2.75) is 37.5 Å². The van der Waals surface area contributed by atoms with Crippen molar-refractivity contribution in [3.05, 3.63) is 45.1 Å². The number of thiophene rings is 1. The van der Waals surface area contributed by atoms with Gasteiger partial charge in [-0.05, 0) is 43.2 Å². The van der Waals surface area contributed by atoms with Crippen molar-refractivity contribution in [3.8, 4) is 0 Å². The fourth-order valence-electron chi connectivity index (χ4n) is 4.22. The Kier molecular flexibility index (Phi) is 9.09. The van der Waals surface area contributed by atoms with Gasteiger partial charge in [0.05, 0.1) is 33.6 Å². The highest BCUT2D eigenvalue weighted by atomic mass is 35.5. The Balaban J connectivity index is 1.59. The molecule has 2 aliphatic rings. The van der Waals surface area contributed by atoms with Crippen LogP contribution in [0, 0.1) is 0 Å². The first kappa shape index (κ1) is 29.2. The number of benzene rings is 1. The molecule has 2 fully saturated rings. The molecule has 1 aliphatic heterocycles. The number of ether oxygens (including phenoxy) is 1. The molecule has 15 heteroatoms. The largest absolute Gasteiger partial charge is 0.418 e. The summed E-state index contributed by atoms with van der Waals surface area (Å²) in [5, 5.41) is 4.72. The van der Waals surface area contributed by atoms with Gasteiger partial charge in [-0.15, -0.1) is 11.3 Å². The Morgan fingerprint density at radius 1 is 1.21 bits per heavy atom. The molecule has 1 aromatic carbocycles. The number of amides is 3. The van der Waals surface area contributed by atoms with E-state index in [0.717, 1.165) is 28.4 Å². The van der Waals surface area contributed by atoms with E-state index in [0.29, 0.717) is 17.2 Å². The van der Waals surface area contributed by atoms with Crippen molar-refractivity contribution in [2.75, 3.05) is 43.1 Å². The Labute approximate surface area is 229 Å². The molecule has 1 aliphatic carbocycles. The number of halogens is 6. The van der Waals surface area contributed by atoms with E-state index in [1.807, 2.05) is 0 Å². The minimum absolute atomic E-state index is 0.0237. The zero-order chi connectivity index (χ0) is 28.3. The van der Waals surface area contributed by atoms with Crippen molar-refractivity contribution < 1.29 is 41.1 Å². The lowest BCUT2D eigenvalue weighted by Crippen LogP contribution is -2.53. The van der Waals surface area contributed by atoms with Crippen LogP contribution >= 0.6 is 22.9 Å². The topological polar surface area (TPSA) is 91.0 Å². The summed E-state index contributed by atoms with van der Waals surface area (Å²) < 4.78 is 74.2. The molecule has 8 nitrogen and oxygen atoms in total. The Bertz CT molecular complexity index is 1220. The van der Waals surface area contributed by atoms with E-state index in [2.05, 4.69) is 10.6 Å². The Morgan fingerprint density at radius 2 is 1.95 bits per heavy atom. The van der Waals surface area contributed by atoms with Crippen LogP contribution in [0.25, 0.3) is 0 Å². The molecular weight excluding hydrogens is 571 g/mol. The fraction of sp³-hybridized carbons (Fsp3) is 0.458. The van der Waals surface area contributed by atoms with Gasteiger partial charge >= 0.3 is 6.18 Å². The minimum Gasteiger partial charge on any atom is -0.370 e. The number of hydrogen-bond donors (Lipinski definition) is 2. The zero-order valence-electron chi connectivity index (χ0n) is 20.3. The van der Waals surface area contributed by atoms with Crippen LogP contribution in [0.4, 0.5) is 33.3 Å². The Morgan fingerprint density at radius 3 is 2.54 bits per heavy atom. The quantitative estimate of drug-likeness (QED) is 0.402. The van der Waals surface area contributed by atoms with Gasteiger partial charge in [0, 0.05) is 24.8 Å². The second-order valence-electron chi connectivity index (χ2n) is 8.96. The average Bonchev–Trinajstić information content (AvgIpc) is 3.62. The number of alkyl halides is 5. The average molecular weight is 595 g/mol. The fourth-order valence-corrected chi connectivity index (χ4v) is 5.18. The maximum absolute atomic E-state index is 14.0. The smallest absolute Gasteiger partial charge is 0.370 e. The van der Waals surface area contributed by atoms with Gasteiger partial charge in [0.1, 0.15) is 12.6 Å². The van der Waals surface area contributed by atoms with Crippen LogP contribution in [-0.4, -0.2) is 74.0 Å². The van der Waals surface area contributed by atoms with Crippen molar-refractivity contribution in [3.63, 3.8) is 0 Å². The summed E-state index contributed by atoms with van der Waals surface area (Å²) in [6.07, 6.45) is -6.67. The molecule has 212 valence electrons. The van der Waals surface area contributed by atoms with E-state index in [-0.39, 0.29) is 36.4 Å². The van der Waals surface area contributed by atoms with Gasteiger partial charge in [0.2, 0.25) is 5.91 Å². The molecular formula is C24H24ClF5N4O4S. The number of morpholine rings is 1. The molecule has 39 heavy (non-hydrogen) atoms. The summed E-state index contributed by atoms with van der Waals surface area (Å²) in [5.74, 6) is -2.11. The van der Waals surface area contributed by atoms with Crippen LogP contribution in [0.1, 0.15) is 28.1 Å². The summed E-state index contributed by atoms with van der Waals surface area (Å²) in [5.41, 5.74) is -1.84. The molecule has 1 saturated heterocycles. The number of nitrogens with zero attached hydrogens (tertiary/aromatic N) is 2. The summed E-state index contributed by atoms with van der Waals surface area (Å²) in [7, 11) is 0. The van der Waals surface area contributed by atoms with Gasteiger partial charge in [-0.3, -0.25) is 19.3 Å². The molecule has 0 bridgehead atoms. The van der Waals surface area contributed by atoms with Crippen LogP contribution in [0.5, 0.6) is 0 Å². The molecule has 0 radical (unpaired) electrons. The number of carbonyl (C=O) groups is 3. The second kappa shape index (κ2) is 12.1. The van der Waals surface area contributed by atoms with Crippen LogP contribution in [0.15, 0.2) is 30.3 Å². The molecule has 1 atom stereocenters. The molecule has 1 saturated carbocycles. The van der Waals surface area contributed by atoms with Gasteiger partial charge in [-0.2, -0.15) is 13.2 Å². The van der Waals surface area contributed by atoms with E-state index in [9.17, 15) is 36.3 Å². The maximum Gasteiger partial charge on any atom is 0.418 e. The SMILES string of the molecule is O=C(NC[C@H](C(=O)Nc1ccc(N2CCOCC2=O)cc1C(F)(F)F)N(CC(F)F)C1CC1)c1ccc(Cl)s1. The molecule has 2 heterocycles. The highest BCUT2D eigenvalue weighted by Gasteiger charge is 2.40. The normalized spacial score (nSPS) is 17.0. The number of carbonyl (C=O) groups excluding carboxylic acids is 3. The third-order valence-corrected chi connectivity index (χ3v) is 7.41. The van der Waals surface area contributed by atoms with Crippen molar-refractivity contribution in [1.29, 1.82) is 0 Å². The third-order valence-electron chi connectivity index (χ3n) is 6.18. The standard InChI is InChI=1S/C24H24ClF5N4O4S/c25-19-6-5-18(39-19)23(37)31-10-17(34(11-20(26)27)13-1-2-13)22(36)32-16-4-3-14(9-15(16)24(28,29)30)33-7-8-38-12-21(33)35/h3-6,9,13,17,20H,1-2,7-8,10-12H2,(H,31,37)(H,32,36)/t17-/m1/s1. The van der Waals surface area contributed by atoms with Gasteiger partial charge in [0.25, 0.3) is 18.2 Å². The van der Waals surface area contributed by atoms with Gasteiger partial charge in [-0.1, -0.05) is 11.6 Å². The molecule has 2 aromatic rings. The molecule has 2 N–H and O–H groups in total. The predicted octanol–water partition coefficient (Wildman–Crippen LogP) is 4.25. The predicted molar refractivity (Wildman–Crippen MR) is 134 cm³/mol. The highest BCUT2D eigenvalue weighted by Crippen LogP contribution is 2.38. The van der Waals surface area contributed by atoms with Crippen LogP contribution in [0.3, 0.4) is 0 Å². The van der Waals surface area contributed by atoms with E-state index < -0.39 is 60.7 Å². The van der Waals surface area contributed by atoms with E-state index in [4.69, 9.17) is 16.3 Å². The zero-order valence-corrected chi connectivity index (χ0v) is 21.8. The summed E-state index contributed by atoms with van der Waals surface area (Å²) in [6, 6.07) is 4.19.